The van der Waals surface area contributed by atoms with E-state index in [0.29, 0.717) is 13.0 Å². The van der Waals surface area contributed by atoms with Gasteiger partial charge in [-0.25, -0.2) is 0 Å². The van der Waals surface area contributed by atoms with E-state index in [-0.39, 0.29) is 11.3 Å². The van der Waals surface area contributed by atoms with Gasteiger partial charge in [0, 0.05) is 5.38 Å². The highest BCUT2D eigenvalue weighted by Gasteiger charge is 2.05. The summed E-state index contributed by atoms with van der Waals surface area (Å²) in [5.41, 5.74) is 0. The summed E-state index contributed by atoms with van der Waals surface area (Å²) in [7, 11) is 0. The van der Waals surface area contributed by atoms with Gasteiger partial charge < -0.3 is 4.74 Å². The van der Waals surface area contributed by atoms with Crippen LogP contribution in [0.3, 0.4) is 0 Å². The molecule has 0 N–H and O–H groups in total. The number of esters is 1. The molecular weight excluding hydrogens is 188 g/mol. The normalized spacial score (nSPS) is 13.2. The van der Waals surface area contributed by atoms with Crippen molar-refractivity contribution in [1.29, 1.82) is 0 Å². The van der Waals surface area contributed by atoms with Crippen molar-refractivity contribution < 1.29 is 9.53 Å². The van der Waals surface area contributed by atoms with Gasteiger partial charge in [0.25, 0.3) is 0 Å². The summed E-state index contributed by atoms with van der Waals surface area (Å²) in [6.07, 6.45) is 6.16. The van der Waals surface area contributed by atoms with Gasteiger partial charge >= 0.3 is 5.97 Å². The summed E-state index contributed by atoms with van der Waals surface area (Å²) >= 11 is 5.62. The van der Waals surface area contributed by atoms with Crippen molar-refractivity contribution in [1.82, 2.24) is 0 Å². The molecule has 0 spiro atoms. The minimum atomic E-state index is -0.215. The molecule has 0 saturated heterocycles. The average Bonchev–Trinajstić information content (AvgIpc) is 2.02. The monoisotopic (exact) mass is 204 g/mol. The molecular formula is C10H17ClO2. The van der Waals surface area contributed by atoms with E-state index in [0.717, 1.165) is 12.8 Å². The highest BCUT2D eigenvalue weighted by atomic mass is 35.5. The third kappa shape index (κ3) is 9.41. The molecule has 0 aromatic carbocycles. The Morgan fingerprint density at radius 3 is 2.77 bits per heavy atom. The topological polar surface area (TPSA) is 26.3 Å². The van der Waals surface area contributed by atoms with Gasteiger partial charge in [0.05, 0.1) is 13.0 Å². The lowest BCUT2D eigenvalue weighted by Gasteiger charge is -2.03. The largest absolute Gasteiger partial charge is 0.465 e. The Hall–Kier alpha value is -0.500. The molecule has 0 aliphatic rings. The Kier molecular flexibility index (Phi) is 7.80. The second kappa shape index (κ2) is 8.11. The molecule has 1 atom stereocenters. The molecule has 0 heterocycles. The van der Waals surface area contributed by atoms with E-state index in [1.807, 2.05) is 6.08 Å². The molecule has 0 rings (SSSR count). The fraction of sp³-hybridized carbons (Fsp3) is 0.700. The fourth-order valence-corrected chi connectivity index (χ4v) is 0.940. The maximum Gasteiger partial charge on any atom is 0.307 e. The fourth-order valence-electron chi connectivity index (χ4n) is 0.814. The van der Waals surface area contributed by atoms with Crippen LogP contribution in [0.1, 0.15) is 33.1 Å². The van der Waals surface area contributed by atoms with E-state index >= 15 is 0 Å². The van der Waals surface area contributed by atoms with Gasteiger partial charge in [-0.15, -0.1) is 11.6 Å². The summed E-state index contributed by atoms with van der Waals surface area (Å²) in [6.45, 7) is 4.30. The lowest BCUT2D eigenvalue weighted by molar-refractivity contribution is -0.143. The molecule has 0 fully saturated rings. The Morgan fingerprint density at radius 2 is 2.23 bits per heavy atom. The molecule has 1 unspecified atom stereocenters. The van der Waals surface area contributed by atoms with E-state index in [2.05, 4.69) is 13.0 Å². The summed E-state index contributed by atoms with van der Waals surface area (Å²) < 4.78 is 4.92. The quantitative estimate of drug-likeness (QED) is 0.288. The van der Waals surface area contributed by atoms with Crippen LogP contribution in [0.2, 0.25) is 0 Å². The van der Waals surface area contributed by atoms with Crippen molar-refractivity contribution >= 4 is 17.6 Å². The smallest absolute Gasteiger partial charge is 0.307 e. The zero-order valence-electron chi connectivity index (χ0n) is 8.25. The molecule has 2 nitrogen and oxygen atoms in total. The van der Waals surface area contributed by atoms with Crippen molar-refractivity contribution in [2.24, 2.45) is 0 Å². The van der Waals surface area contributed by atoms with Crippen molar-refractivity contribution in [2.75, 3.05) is 6.61 Å². The highest BCUT2D eigenvalue weighted by Crippen LogP contribution is 2.01. The van der Waals surface area contributed by atoms with E-state index in [1.54, 1.807) is 6.92 Å². The molecule has 0 amide bonds. The number of allylic oxidation sites excluding steroid dienone is 1. The van der Waals surface area contributed by atoms with Crippen molar-refractivity contribution in [3.8, 4) is 0 Å². The van der Waals surface area contributed by atoms with E-state index in [1.165, 1.54) is 0 Å². The Morgan fingerprint density at radius 1 is 1.54 bits per heavy atom. The lowest BCUT2D eigenvalue weighted by atomic mass is 10.3. The van der Waals surface area contributed by atoms with Crippen LogP contribution < -0.4 is 0 Å². The maximum atomic E-state index is 11.0. The molecule has 0 saturated carbocycles. The summed E-state index contributed by atoms with van der Waals surface area (Å²) in [5, 5.41) is -0.140. The van der Waals surface area contributed by atoms with Gasteiger partial charge in [-0.05, 0) is 19.8 Å². The minimum absolute atomic E-state index is 0.140. The predicted molar refractivity (Wildman–Crippen MR) is 54.9 cm³/mol. The van der Waals surface area contributed by atoms with Crippen LogP contribution in [0.15, 0.2) is 12.2 Å². The first-order chi connectivity index (χ1) is 6.16. The minimum Gasteiger partial charge on any atom is -0.465 e. The second-order valence-corrected chi connectivity index (χ2v) is 3.62. The number of carbonyl (C=O) groups is 1. The number of hydrogen-bond donors (Lipinski definition) is 0. The zero-order chi connectivity index (χ0) is 10.1. The average molecular weight is 205 g/mol. The van der Waals surface area contributed by atoms with E-state index in [4.69, 9.17) is 16.3 Å². The molecule has 0 radical (unpaired) electrons. The van der Waals surface area contributed by atoms with Gasteiger partial charge in [-0.3, -0.25) is 4.79 Å². The van der Waals surface area contributed by atoms with Crippen LogP contribution in [-0.4, -0.2) is 18.0 Å². The van der Waals surface area contributed by atoms with Crippen LogP contribution in [0.5, 0.6) is 0 Å². The summed E-state index contributed by atoms with van der Waals surface area (Å²) in [6, 6.07) is 0. The Bertz CT molecular complexity index is 164. The van der Waals surface area contributed by atoms with Gasteiger partial charge in [0.2, 0.25) is 0 Å². The molecule has 3 heteroatoms. The lowest BCUT2D eigenvalue weighted by Crippen LogP contribution is -2.09. The maximum absolute atomic E-state index is 11.0. The molecule has 0 aromatic rings. The highest BCUT2D eigenvalue weighted by molar-refractivity contribution is 6.21. The molecule has 13 heavy (non-hydrogen) atoms. The number of rotatable bonds is 6. The van der Waals surface area contributed by atoms with Crippen molar-refractivity contribution in [3.63, 3.8) is 0 Å². The van der Waals surface area contributed by atoms with Crippen LogP contribution in [0.25, 0.3) is 0 Å². The van der Waals surface area contributed by atoms with Crippen molar-refractivity contribution in [3.05, 3.63) is 12.2 Å². The third-order valence-electron chi connectivity index (χ3n) is 1.40. The zero-order valence-corrected chi connectivity index (χ0v) is 9.01. The Labute approximate surface area is 84.9 Å². The van der Waals surface area contributed by atoms with Crippen LogP contribution in [0.4, 0.5) is 0 Å². The molecule has 0 bridgehead atoms. The first kappa shape index (κ1) is 12.5. The number of alkyl halides is 1. The first-order valence-corrected chi connectivity index (χ1v) is 5.05. The molecule has 0 aliphatic heterocycles. The second-order valence-electron chi connectivity index (χ2n) is 2.87. The van der Waals surface area contributed by atoms with Gasteiger partial charge in [-0.2, -0.15) is 0 Å². The van der Waals surface area contributed by atoms with Crippen LogP contribution in [-0.2, 0) is 9.53 Å². The number of carbonyl (C=O) groups excluding carboxylic acids is 1. The third-order valence-corrected chi connectivity index (χ3v) is 1.55. The van der Waals surface area contributed by atoms with Gasteiger partial charge in [-0.1, -0.05) is 19.1 Å². The van der Waals surface area contributed by atoms with E-state index in [9.17, 15) is 4.79 Å². The van der Waals surface area contributed by atoms with Crippen LogP contribution in [0, 0.1) is 0 Å². The predicted octanol–water partition coefficient (Wildman–Crippen LogP) is 2.90. The molecule has 0 aromatic heterocycles. The Balaban J connectivity index is 3.32. The number of halogens is 1. The molecule has 0 aliphatic carbocycles. The molecule has 76 valence electrons. The van der Waals surface area contributed by atoms with Crippen molar-refractivity contribution in [2.45, 2.75) is 38.5 Å². The number of ether oxygens (including phenoxy) is 1. The summed E-state index contributed by atoms with van der Waals surface area (Å²) in [5.74, 6) is -0.215. The van der Waals surface area contributed by atoms with Gasteiger partial charge in [0.15, 0.2) is 0 Å². The SMILES string of the molecule is CC/C=C\CCOC(=O)CC(C)Cl. The number of hydrogen-bond acceptors (Lipinski definition) is 2. The van der Waals surface area contributed by atoms with Gasteiger partial charge in [0.1, 0.15) is 0 Å². The summed E-state index contributed by atoms with van der Waals surface area (Å²) in [4.78, 5) is 11.0. The van der Waals surface area contributed by atoms with Crippen LogP contribution >= 0.6 is 11.6 Å². The first-order valence-electron chi connectivity index (χ1n) is 4.61. The van der Waals surface area contributed by atoms with E-state index < -0.39 is 0 Å². The standard InChI is InChI=1S/C10H17ClO2/c1-3-4-5-6-7-13-10(12)8-9(2)11/h4-5,9H,3,6-8H2,1-2H3/b5-4-.